The van der Waals surface area contributed by atoms with Crippen LogP contribution in [-0.2, 0) is 12.8 Å². The van der Waals surface area contributed by atoms with Gasteiger partial charge in [-0.3, -0.25) is 4.79 Å². The fourth-order valence-corrected chi connectivity index (χ4v) is 5.11. The maximum atomic E-state index is 12.2. The molecule has 0 saturated heterocycles. The van der Waals surface area contributed by atoms with Gasteiger partial charge in [-0.25, -0.2) is 4.98 Å². The van der Waals surface area contributed by atoms with E-state index in [1.807, 2.05) is 13.0 Å². The Morgan fingerprint density at radius 2 is 2.00 bits per heavy atom. The van der Waals surface area contributed by atoms with Crippen molar-refractivity contribution in [2.75, 3.05) is 0 Å². The van der Waals surface area contributed by atoms with Crippen LogP contribution < -0.4 is 5.73 Å². The number of amides is 1. The topological polar surface area (TPSA) is 56.0 Å². The molecule has 2 aromatic heterocycles. The van der Waals surface area contributed by atoms with E-state index < -0.39 is 5.91 Å². The van der Waals surface area contributed by atoms with Crippen molar-refractivity contribution in [1.29, 1.82) is 0 Å². The second kappa shape index (κ2) is 5.71. The Morgan fingerprint density at radius 1 is 1.21 bits per heavy atom. The third-order valence-corrected chi connectivity index (χ3v) is 6.02. The fourth-order valence-electron chi connectivity index (χ4n) is 3.79. The zero-order valence-electron chi connectivity index (χ0n) is 14.0. The van der Waals surface area contributed by atoms with Gasteiger partial charge in [-0.1, -0.05) is 29.8 Å². The Hall–Kier alpha value is -2.20. The van der Waals surface area contributed by atoms with Gasteiger partial charge in [0.15, 0.2) is 0 Å². The van der Waals surface area contributed by atoms with Gasteiger partial charge < -0.3 is 5.73 Å². The minimum Gasteiger partial charge on any atom is -0.366 e. The summed E-state index contributed by atoms with van der Waals surface area (Å²) >= 11 is 1.78. The average molecular weight is 336 g/mol. The second-order valence-electron chi connectivity index (χ2n) is 6.57. The number of hydrogen-bond acceptors (Lipinski definition) is 3. The summed E-state index contributed by atoms with van der Waals surface area (Å²) in [5, 5.41) is 1.15. The number of benzene rings is 1. The first-order valence-electron chi connectivity index (χ1n) is 8.38. The van der Waals surface area contributed by atoms with Crippen LogP contribution in [0.1, 0.15) is 44.9 Å². The molecule has 0 radical (unpaired) electrons. The van der Waals surface area contributed by atoms with E-state index in [0.717, 1.165) is 39.9 Å². The Balaban J connectivity index is 2.16. The van der Waals surface area contributed by atoms with Crippen molar-refractivity contribution >= 4 is 27.5 Å². The molecule has 4 rings (SSSR count). The minimum atomic E-state index is -0.394. The summed E-state index contributed by atoms with van der Waals surface area (Å²) in [5.74, 6) is -0.394. The first-order chi connectivity index (χ1) is 11.6. The highest BCUT2D eigenvalue weighted by atomic mass is 32.1. The Bertz CT molecular complexity index is 971. The van der Waals surface area contributed by atoms with Gasteiger partial charge in [-0.05, 0) is 50.7 Å². The normalized spacial score (nSPS) is 13.9. The van der Waals surface area contributed by atoms with Gasteiger partial charge in [0.1, 0.15) is 4.83 Å². The molecule has 0 atom stereocenters. The number of hydrogen-bond donors (Lipinski definition) is 1. The lowest BCUT2D eigenvalue weighted by molar-refractivity contribution is 0.1000. The van der Waals surface area contributed by atoms with Crippen LogP contribution in [0.25, 0.3) is 21.3 Å². The van der Waals surface area contributed by atoms with Crippen molar-refractivity contribution in [3.05, 3.63) is 51.5 Å². The lowest BCUT2D eigenvalue weighted by Gasteiger charge is -2.15. The Morgan fingerprint density at radius 3 is 2.75 bits per heavy atom. The van der Waals surface area contributed by atoms with Gasteiger partial charge in [0.25, 0.3) is 5.91 Å². The highest BCUT2D eigenvalue weighted by Crippen LogP contribution is 2.43. The van der Waals surface area contributed by atoms with Crippen LogP contribution in [0.15, 0.2) is 24.3 Å². The van der Waals surface area contributed by atoms with E-state index in [1.54, 1.807) is 11.3 Å². The molecule has 0 saturated carbocycles. The van der Waals surface area contributed by atoms with E-state index in [1.165, 1.54) is 28.8 Å². The van der Waals surface area contributed by atoms with Gasteiger partial charge >= 0.3 is 0 Å². The van der Waals surface area contributed by atoms with Gasteiger partial charge in [0.2, 0.25) is 0 Å². The first kappa shape index (κ1) is 15.3. The van der Waals surface area contributed by atoms with Crippen LogP contribution in [0.5, 0.6) is 0 Å². The average Bonchev–Trinajstić information content (AvgIpc) is 2.91. The molecular formula is C20H20N2OS. The predicted molar refractivity (Wildman–Crippen MR) is 99.7 cm³/mol. The van der Waals surface area contributed by atoms with E-state index >= 15 is 0 Å². The molecule has 4 heteroatoms. The number of carbonyl (C=O) groups is 1. The van der Waals surface area contributed by atoms with Crippen LogP contribution in [-0.4, -0.2) is 10.9 Å². The lowest BCUT2D eigenvalue weighted by atomic mass is 9.89. The summed E-state index contributed by atoms with van der Waals surface area (Å²) in [6.07, 6.45) is 4.62. The van der Waals surface area contributed by atoms with Crippen molar-refractivity contribution in [3.8, 4) is 11.1 Å². The third-order valence-electron chi connectivity index (χ3n) is 4.84. The number of aryl methyl sites for hydroxylation is 4. The maximum Gasteiger partial charge on any atom is 0.251 e. The highest BCUT2D eigenvalue weighted by molar-refractivity contribution is 7.19. The van der Waals surface area contributed by atoms with Crippen LogP contribution in [0.4, 0.5) is 0 Å². The van der Waals surface area contributed by atoms with Crippen LogP contribution >= 0.6 is 11.3 Å². The maximum absolute atomic E-state index is 12.2. The Kier molecular flexibility index (Phi) is 3.65. The summed E-state index contributed by atoms with van der Waals surface area (Å²) in [4.78, 5) is 19.4. The number of aromatic nitrogens is 1. The first-order valence-corrected chi connectivity index (χ1v) is 9.19. The molecular weight excluding hydrogens is 316 g/mol. The molecule has 0 spiro atoms. The Labute approximate surface area is 145 Å². The molecule has 0 aliphatic heterocycles. The number of pyridine rings is 1. The number of thiophene rings is 1. The van der Waals surface area contributed by atoms with E-state index in [9.17, 15) is 4.79 Å². The van der Waals surface area contributed by atoms with Crippen LogP contribution in [0.3, 0.4) is 0 Å². The van der Waals surface area contributed by atoms with E-state index in [-0.39, 0.29) is 0 Å². The smallest absolute Gasteiger partial charge is 0.251 e. The van der Waals surface area contributed by atoms with Crippen molar-refractivity contribution in [3.63, 3.8) is 0 Å². The van der Waals surface area contributed by atoms with Gasteiger partial charge in [-0.15, -0.1) is 11.3 Å². The van der Waals surface area contributed by atoms with Crippen molar-refractivity contribution in [2.24, 2.45) is 5.73 Å². The molecule has 1 aromatic carbocycles. The van der Waals surface area contributed by atoms with Crippen LogP contribution in [0, 0.1) is 13.8 Å². The number of nitrogens with two attached hydrogens (primary N) is 1. The summed E-state index contributed by atoms with van der Waals surface area (Å²) in [7, 11) is 0. The molecule has 24 heavy (non-hydrogen) atoms. The number of rotatable bonds is 2. The second-order valence-corrected chi connectivity index (χ2v) is 7.66. The molecule has 122 valence electrons. The van der Waals surface area contributed by atoms with Crippen molar-refractivity contribution in [1.82, 2.24) is 4.98 Å². The molecule has 1 aliphatic rings. The highest BCUT2D eigenvalue weighted by Gasteiger charge is 2.25. The number of primary amides is 1. The predicted octanol–water partition coefficient (Wildman–Crippen LogP) is 4.56. The molecule has 0 fully saturated rings. The molecule has 0 bridgehead atoms. The standard InChI is InChI=1S/C20H20N2OS/c1-11-6-5-7-13(10-11)17-16(19(21)23)12(2)22-20-18(17)14-8-3-4-9-15(14)24-20/h5-7,10H,3-4,8-9H2,1-2H3,(H2,21,23). The summed E-state index contributed by atoms with van der Waals surface area (Å²) in [6, 6.07) is 8.31. The van der Waals surface area contributed by atoms with E-state index in [4.69, 9.17) is 10.7 Å². The number of nitrogens with zero attached hydrogens (tertiary/aromatic N) is 1. The molecule has 1 amide bonds. The zero-order chi connectivity index (χ0) is 16.8. The molecule has 1 aliphatic carbocycles. The molecule has 0 unspecified atom stereocenters. The van der Waals surface area contributed by atoms with Crippen LogP contribution in [0.2, 0.25) is 0 Å². The number of carbonyl (C=O) groups excluding carboxylic acids is 1. The monoisotopic (exact) mass is 336 g/mol. The van der Waals surface area contributed by atoms with Crippen molar-refractivity contribution in [2.45, 2.75) is 39.5 Å². The van der Waals surface area contributed by atoms with Gasteiger partial charge in [0.05, 0.1) is 11.3 Å². The minimum absolute atomic E-state index is 0.394. The van der Waals surface area contributed by atoms with Gasteiger partial charge in [0, 0.05) is 15.8 Å². The van der Waals surface area contributed by atoms with E-state index in [0.29, 0.717) is 5.56 Å². The summed E-state index contributed by atoms with van der Waals surface area (Å²) in [5.41, 5.74) is 11.6. The van der Waals surface area contributed by atoms with Crippen molar-refractivity contribution < 1.29 is 4.79 Å². The number of fused-ring (bicyclic) bond motifs is 3. The summed E-state index contributed by atoms with van der Waals surface area (Å²) in [6.45, 7) is 3.96. The molecule has 2 N–H and O–H groups in total. The third kappa shape index (κ3) is 2.33. The molecule has 3 nitrogen and oxygen atoms in total. The SMILES string of the molecule is Cc1cccc(-c2c(C(N)=O)c(C)nc3sc4c(c23)CCCC4)c1. The van der Waals surface area contributed by atoms with E-state index in [2.05, 4.69) is 25.1 Å². The van der Waals surface area contributed by atoms with Gasteiger partial charge in [-0.2, -0.15) is 0 Å². The zero-order valence-corrected chi connectivity index (χ0v) is 14.8. The summed E-state index contributed by atoms with van der Waals surface area (Å²) < 4.78 is 0. The fraction of sp³-hybridized carbons (Fsp3) is 0.300. The molecule has 3 aromatic rings. The largest absolute Gasteiger partial charge is 0.366 e. The quantitative estimate of drug-likeness (QED) is 0.746. The lowest BCUT2D eigenvalue weighted by Crippen LogP contribution is -2.15. The molecule has 2 heterocycles.